The van der Waals surface area contributed by atoms with Crippen LogP contribution in [0, 0.1) is 12.8 Å². The smallest absolute Gasteiger partial charge is 0.271 e. The van der Waals surface area contributed by atoms with Gasteiger partial charge in [-0.15, -0.1) is 0 Å². The van der Waals surface area contributed by atoms with E-state index in [2.05, 4.69) is 20.3 Å². The SMILES string of the molecule is Cc1cnc(C(=O)NC[C@@H]2CC(=O)N(C)[C@H]2c2ccncc2)cn1. The van der Waals surface area contributed by atoms with Crippen LogP contribution >= 0.6 is 0 Å². The number of aryl methyl sites for hydroxylation is 1. The summed E-state index contributed by atoms with van der Waals surface area (Å²) in [6, 6.07) is 3.74. The molecule has 0 aliphatic carbocycles. The van der Waals surface area contributed by atoms with E-state index in [-0.39, 0.29) is 29.5 Å². The van der Waals surface area contributed by atoms with Crippen molar-refractivity contribution in [1.82, 2.24) is 25.2 Å². The van der Waals surface area contributed by atoms with E-state index in [9.17, 15) is 9.59 Å². The quantitative estimate of drug-likeness (QED) is 0.910. The Morgan fingerprint density at radius 3 is 2.71 bits per heavy atom. The first-order valence-electron chi connectivity index (χ1n) is 7.78. The maximum absolute atomic E-state index is 12.2. The Labute approximate surface area is 140 Å². The number of aromatic nitrogens is 3. The van der Waals surface area contributed by atoms with Crippen molar-refractivity contribution in [2.24, 2.45) is 5.92 Å². The highest BCUT2D eigenvalue weighted by molar-refractivity contribution is 5.92. The van der Waals surface area contributed by atoms with E-state index >= 15 is 0 Å². The Hall–Kier alpha value is -2.83. The van der Waals surface area contributed by atoms with Crippen LogP contribution in [0.4, 0.5) is 0 Å². The topological polar surface area (TPSA) is 88.1 Å². The molecule has 2 aromatic rings. The molecule has 24 heavy (non-hydrogen) atoms. The lowest BCUT2D eigenvalue weighted by Crippen LogP contribution is -2.33. The number of carbonyl (C=O) groups is 2. The molecule has 124 valence electrons. The monoisotopic (exact) mass is 325 g/mol. The van der Waals surface area contributed by atoms with E-state index in [1.807, 2.05) is 19.1 Å². The molecule has 1 fully saturated rings. The molecule has 1 N–H and O–H groups in total. The van der Waals surface area contributed by atoms with Gasteiger partial charge < -0.3 is 10.2 Å². The van der Waals surface area contributed by atoms with Crippen molar-refractivity contribution in [1.29, 1.82) is 0 Å². The van der Waals surface area contributed by atoms with Crippen molar-refractivity contribution in [3.63, 3.8) is 0 Å². The summed E-state index contributed by atoms with van der Waals surface area (Å²) in [5, 5.41) is 2.87. The number of pyridine rings is 1. The summed E-state index contributed by atoms with van der Waals surface area (Å²) in [5.41, 5.74) is 2.05. The van der Waals surface area contributed by atoms with Crippen LogP contribution in [0.1, 0.15) is 34.2 Å². The van der Waals surface area contributed by atoms with Crippen LogP contribution in [-0.4, -0.2) is 45.3 Å². The minimum atomic E-state index is -0.280. The number of nitrogens with zero attached hydrogens (tertiary/aromatic N) is 4. The van der Waals surface area contributed by atoms with Gasteiger partial charge in [0.2, 0.25) is 5.91 Å². The van der Waals surface area contributed by atoms with E-state index in [4.69, 9.17) is 0 Å². The van der Waals surface area contributed by atoms with Crippen molar-refractivity contribution in [3.8, 4) is 0 Å². The van der Waals surface area contributed by atoms with E-state index < -0.39 is 0 Å². The van der Waals surface area contributed by atoms with E-state index in [0.717, 1.165) is 11.3 Å². The maximum atomic E-state index is 12.2. The second-order valence-corrected chi connectivity index (χ2v) is 5.95. The summed E-state index contributed by atoms with van der Waals surface area (Å²) in [7, 11) is 1.79. The first-order valence-corrected chi connectivity index (χ1v) is 7.78. The molecule has 3 rings (SSSR count). The van der Waals surface area contributed by atoms with Gasteiger partial charge >= 0.3 is 0 Å². The average molecular weight is 325 g/mol. The molecule has 1 aliphatic rings. The van der Waals surface area contributed by atoms with Gasteiger partial charge in [-0.25, -0.2) is 4.98 Å². The van der Waals surface area contributed by atoms with Gasteiger partial charge in [-0.3, -0.25) is 19.6 Å². The molecule has 0 aromatic carbocycles. The van der Waals surface area contributed by atoms with Crippen LogP contribution < -0.4 is 5.32 Å². The molecule has 0 unspecified atom stereocenters. The van der Waals surface area contributed by atoms with Gasteiger partial charge in [-0.05, 0) is 24.6 Å². The van der Waals surface area contributed by atoms with E-state index in [0.29, 0.717) is 13.0 Å². The van der Waals surface area contributed by atoms with Gasteiger partial charge in [0.05, 0.1) is 17.9 Å². The van der Waals surface area contributed by atoms with Crippen LogP contribution in [0.15, 0.2) is 36.9 Å². The normalized spacial score (nSPS) is 20.2. The van der Waals surface area contributed by atoms with Crippen LogP contribution in [0.2, 0.25) is 0 Å². The summed E-state index contributed by atoms with van der Waals surface area (Å²) in [6.07, 6.45) is 6.84. The van der Waals surface area contributed by atoms with Gasteiger partial charge in [0, 0.05) is 44.5 Å². The summed E-state index contributed by atoms with van der Waals surface area (Å²) in [4.78, 5) is 38.2. The minimum absolute atomic E-state index is 0.00672. The minimum Gasteiger partial charge on any atom is -0.350 e. The Morgan fingerprint density at radius 1 is 1.29 bits per heavy atom. The molecular formula is C17H19N5O2. The summed E-state index contributed by atoms with van der Waals surface area (Å²) in [6.45, 7) is 2.21. The van der Waals surface area contributed by atoms with Crippen LogP contribution in [0.5, 0.6) is 0 Å². The van der Waals surface area contributed by atoms with Gasteiger partial charge in [0.15, 0.2) is 0 Å². The first-order chi connectivity index (χ1) is 11.6. The molecule has 0 spiro atoms. The van der Waals surface area contributed by atoms with Crippen LogP contribution in [0.25, 0.3) is 0 Å². The predicted octanol–water partition coefficient (Wildman–Crippen LogP) is 1.13. The van der Waals surface area contributed by atoms with Crippen molar-refractivity contribution in [2.45, 2.75) is 19.4 Å². The first kappa shape index (κ1) is 16.0. The fourth-order valence-corrected chi connectivity index (χ4v) is 3.02. The second-order valence-electron chi connectivity index (χ2n) is 5.95. The zero-order chi connectivity index (χ0) is 17.1. The van der Waals surface area contributed by atoms with Crippen molar-refractivity contribution in [3.05, 3.63) is 53.9 Å². The zero-order valence-corrected chi connectivity index (χ0v) is 13.6. The number of carbonyl (C=O) groups excluding carboxylic acids is 2. The largest absolute Gasteiger partial charge is 0.350 e. The summed E-state index contributed by atoms with van der Waals surface area (Å²) in [5.74, 6) is -0.198. The number of hydrogen-bond donors (Lipinski definition) is 1. The molecular weight excluding hydrogens is 306 g/mol. The van der Waals surface area contributed by atoms with Crippen LogP contribution in [0.3, 0.4) is 0 Å². The molecule has 1 aliphatic heterocycles. The second kappa shape index (κ2) is 6.74. The standard InChI is InChI=1S/C17H19N5O2/c1-11-8-20-14(10-19-11)17(24)21-9-13-7-15(23)22(2)16(13)12-3-5-18-6-4-12/h3-6,8,10,13,16H,7,9H2,1-2H3,(H,21,24)/t13-,16-/m0/s1. The van der Waals surface area contributed by atoms with E-state index in [1.54, 1.807) is 30.5 Å². The Bertz CT molecular complexity index is 732. The van der Waals surface area contributed by atoms with Gasteiger partial charge in [-0.1, -0.05) is 0 Å². The van der Waals surface area contributed by atoms with Gasteiger partial charge in [0.25, 0.3) is 5.91 Å². The molecule has 2 amide bonds. The molecule has 2 aromatic heterocycles. The Kier molecular flexibility index (Phi) is 4.50. The summed E-state index contributed by atoms with van der Waals surface area (Å²) >= 11 is 0. The third kappa shape index (κ3) is 3.24. The zero-order valence-electron chi connectivity index (χ0n) is 13.6. The van der Waals surface area contributed by atoms with Crippen molar-refractivity contribution in [2.75, 3.05) is 13.6 Å². The predicted molar refractivity (Wildman–Crippen MR) is 87.0 cm³/mol. The third-order valence-corrected chi connectivity index (χ3v) is 4.28. The molecule has 0 saturated carbocycles. The number of rotatable bonds is 4. The van der Waals surface area contributed by atoms with Crippen molar-refractivity contribution < 1.29 is 9.59 Å². The molecule has 0 bridgehead atoms. The molecule has 7 nitrogen and oxygen atoms in total. The lowest BCUT2D eigenvalue weighted by atomic mass is 9.94. The maximum Gasteiger partial charge on any atom is 0.271 e. The average Bonchev–Trinajstić information content (AvgIpc) is 2.88. The van der Waals surface area contributed by atoms with Gasteiger partial charge in [-0.2, -0.15) is 0 Å². The highest BCUT2D eigenvalue weighted by atomic mass is 16.2. The van der Waals surface area contributed by atoms with Crippen molar-refractivity contribution >= 4 is 11.8 Å². The number of likely N-dealkylation sites (tertiary alicyclic amines) is 1. The Balaban J connectivity index is 1.70. The fourth-order valence-electron chi connectivity index (χ4n) is 3.02. The number of amides is 2. The third-order valence-electron chi connectivity index (χ3n) is 4.28. The molecule has 7 heteroatoms. The molecule has 2 atom stereocenters. The van der Waals surface area contributed by atoms with E-state index in [1.165, 1.54) is 6.20 Å². The number of hydrogen-bond acceptors (Lipinski definition) is 5. The fraction of sp³-hybridized carbons (Fsp3) is 0.353. The van der Waals surface area contributed by atoms with Gasteiger partial charge in [0.1, 0.15) is 5.69 Å². The molecule has 3 heterocycles. The highest BCUT2D eigenvalue weighted by Crippen LogP contribution is 2.36. The molecule has 0 radical (unpaired) electrons. The number of nitrogens with one attached hydrogen (secondary N) is 1. The highest BCUT2D eigenvalue weighted by Gasteiger charge is 2.38. The van der Waals surface area contributed by atoms with Crippen LogP contribution in [-0.2, 0) is 4.79 Å². The molecule has 1 saturated heterocycles. The summed E-state index contributed by atoms with van der Waals surface area (Å²) < 4.78 is 0. The lowest BCUT2D eigenvalue weighted by molar-refractivity contribution is -0.127. The lowest BCUT2D eigenvalue weighted by Gasteiger charge is -2.25. The Morgan fingerprint density at radius 2 is 2.04 bits per heavy atom.